The van der Waals surface area contributed by atoms with Gasteiger partial charge in [0.25, 0.3) is 5.91 Å². The predicted molar refractivity (Wildman–Crippen MR) is 81.8 cm³/mol. The number of hydrogen-bond acceptors (Lipinski definition) is 4. The van der Waals surface area contributed by atoms with Gasteiger partial charge in [-0.2, -0.15) is 0 Å². The highest BCUT2D eigenvalue weighted by atomic mass is 79.9. The number of nitrogens with one attached hydrogen (secondary N) is 1. The molecule has 5 nitrogen and oxygen atoms in total. The van der Waals surface area contributed by atoms with E-state index in [4.69, 9.17) is 4.74 Å². The minimum atomic E-state index is -1.38. The molecule has 0 aliphatic heterocycles. The molecule has 0 spiro atoms. The molecule has 2 N–H and O–H groups in total. The van der Waals surface area contributed by atoms with Crippen LogP contribution in [0.2, 0.25) is 0 Å². The molecule has 6 heteroatoms. The van der Waals surface area contributed by atoms with Crippen molar-refractivity contribution in [1.29, 1.82) is 0 Å². The third-order valence-electron chi connectivity index (χ3n) is 3.22. The molecule has 1 aromatic rings. The molecule has 1 heterocycles. The van der Waals surface area contributed by atoms with Crippen molar-refractivity contribution in [2.45, 2.75) is 39.2 Å². The van der Waals surface area contributed by atoms with Crippen LogP contribution in [0.4, 0.5) is 5.69 Å². The van der Waals surface area contributed by atoms with Gasteiger partial charge in [-0.3, -0.25) is 4.79 Å². The standard InChI is InChI=1S/C14H21BrN2O3/c1-5-6-14(19,9(2)3)13(18)16-10-7-11(15)17-12(8-10)20-4/h7-9,19H,5-6H2,1-4H3,(H,16,17,18)/t14-/m0/s1. The second-order valence-electron chi connectivity index (χ2n) is 5.00. The molecule has 0 fully saturated rings. The highest BCUT2D eigenvalue weighted by Crippen LogP contribution is 2.26. The first-order chi connectivity index (χ1) is 9.33. The summed E-state index contributed by atoms with van der Waals surface area (Å²) in [6.07, 6.45) is 1.14. The van der Waals surface area contributed by atoms with E-state index in [1.54, 1.807) is 12.1 Å². The molecular formula is C14H21BrN2O3. The molecule has 1 atom stereocenters. The van der Waals surface area contributed by atoms with Crippen LogP contribution in [0.1, 0.15) is 33.6 Å². The van der Waals surface area contributed by atoms with Crippen LogP contribution in [0.25, 0.3) is 0 Å². The molecule has 0 aromatic carbocycles. The van der Waals surface area contributed by atoms with Crippen molar-refractivity contribution in [1.82, 2.24) is 4.98 Å². The van der Waals surface area contributed by atoms with Crippen LogP contribution in [-0.2, 0) is 4.79 Å². The van der Waals surface area contributed by atoms with Gasteiger partial charge < -0.3 is 15.2 Å². The predicted octanol–water partition coefficient (Wildman–Crippen LogP) is 2.98. The number of pyridine rings is 1. The molecule has 112 valence electrons. The number of rotatable bonds is 6. The fraction of sp³-hybridized carbons (Fsp3) is 0.571. The zero-order chi connectivity index (χ0) is 15.3. The lowest BCUT2D eigenvalue weighted by Crippen LogP contribution is -2.47. The van der Waals surface area contributed by atoms with Crippen LogP contribution in [0.5, 0.6) is 5.88 Å². The summed E-state index contributed by atoms with van der Waals surface area (Å²) in [5.41, 5.74) is -0.846. The Bertz CT molecular complexity index is 479. The van der Waals surface area contributed by atoms with Crippen molar-refractivity contribution in [3.8, 4) is 5.88 Å². The van der Waals surface area contributed by atoms with E-state index in [-0.39, 0.29) is 5.92 Å². The number of carbonyl (C=O) groups is 1. The van der Waals surface area contributed by atoms with Crippen molar-refractivity contribution in [2.24, 2.45) is 5.92 Å². The van der Waals surface area contributed by atoms with Crippen LogP contribution in [0.3, 0.4) is 0 Å². The van der Waals surface area contributed by atoms with E-state index in [0.29, 0.717) is 22.6 Å². The number of hydrogen-bond donors (Lipinski definition) is 2. The van der Waals surface area contributed by atoms with Gasteiger partial charge in [0.05, 0.1) is 7.11 Å². The van der Waals surface area contributed by atoms with Crippen molar-refractivity contribution in [3.05, 3.63) is 16.7 Å². The van der Waals surface area contributed by atoms with Crippen molar-refractivity contribution >= 4 is 27.5 Å². The Morgan fingerprint density at radius 1 is 1.55 bits per heavy atom. The summed E-state index contributed by atoms with van der Waals surface area (Å²) < 4.78 is 5.59. The Morgan fingerprint density at radius 2 is 2.20 bits per heavy atom. The minimum Gasteiger partial charge on any atom is -0.481 e. The monoisotopic (exact) mass is 344 g/mol. The smallest absolute Gasteiger partial charge is 0.256 e. The number of halogens is 1. The second kappa shape index (κ2) is 7.04. The molecule has 0 aliphatic rings. The van der Waals surface area contributed by atoms with Gasteiger partial charge in [-0.05, 0) is 34.3 Å². The van der Waals surface area contributed by atoms with Crippen LogP contribution in [0, 0.1) is 5.92 Å². The Labute approximate surface area is 127 Å². The topological polar surface area (TPSA) is 71.5 Å². The second-order valence-corrected chi connectivity index (χ2v) is 5.82. The van der Waals surface area contributed by atoms with Crippen LogP contribution in [0.15, 0.2) is 16.7 Å². The molecule has 0 unspecified atom stereocenters. The third kappa shape index (κ3) is 3.93. The van der Waals surface area contributed by atoms with E-state index in [1.165, 1.54) is 7.11 Å². The Kier molecular flexibility index (Phi) is 5.95. The molecule has 1 aromatic heterocycles. The van der Waals surface area contributed by atoms with Gasteiger partial charge in [0, 0.05) is 11.8 Å². The van der Waals surface area contributed by atoms with Gasteiger partial charge in [0.2, 0.25) is 5.88 Å². The van der Waals surface area contributed by atoms with Crippen LogP contribution in [-0.4, -0.2) is 28.7 Å². The fourth-order valence-corrected chi connectivity index (χ4v) is 2.36. The summed E-state index contributed by atoms with van der Waals surface area (Å²) in [7, 11) is 1.50. The summed E-state index contributed by atoms with van der Waals surface area (Å²) in [6, 6.07) is 3.27. The molecule has 0 saturated heterocycles. The first-order valence-corrected chi connectivity index (χ1v) is 7.38. The SMILES string of the molecule is CCC[C@@](O)(C(=O)Nc1cc(Br)nc(OC)c1)C(C)C. The summed E-state index contributed by atoms with van der Waals surface area (Å²) in [5, 5.41) is 13.3. The Morgan fingerprint density at radius 3 is 2.70 bits per heavy atom. The molecular weight excluding hydrogens is 324 g/mol. The molecule has 0 radical (unpaired) electrons. The molecule has 1 rings (SSSR count). The van der Waals surface area contributed by atoms with Gasteiger partial charge in [-0.25, -0.2) is 4.98 Å². The number of carbonyl (C=O) groups excluding carboxylic acids is 1. The maximum absolute atomic E-state index is 12.3. The van der Waals surface area contributed by atoms with Gasteiger partial charge in [0.1, 0.15) is 10.2 Å². The first-order valence-electron chi connectivity index (χ1n) is 6.59. The number of methoxy groups -OCH3 is 1. The zero-order valence-corrected chi connectivity index (χ0v) is 13.8. The zero-order valence-electron chi connectivity index (χ0n) is 12.2. The number of aromatic nitrogens is 1. The van der Waals surface area contributed by atoms with E-state index >= 15 is 0 Å². The van der Waals surface area contributed by atoms with E-state index in [2.05, 4.69) is 26.2 Å². The van der Waals surface area contributed by atoms with E-state index in [1.807, 2.05) is 20.8 Å². The third-order valence-corrected chi connectivity index (χ3v) is 3.62. The van der Waals surface area contributed by atoms with E-state index in [9.17, 15) is 9.90 Å². The fourth-order valence-electron chi connectivity index (χ4n) is 1.93. The highest BCUT2D eigenvalue weighted by molar-refractivity contribution is 9.10. The Balaban J connectivity index is 2.96. The quantitative estimate of drug-likeness (QED) is 0.778. The maximum atomic E-state index is 12.3. The molecule has 0 bridgehead atoms. The largest absolute Gasteiger partial charge is 0.481 e. The van der Waals surface area contributed by atoms with Gasteiger partial charge in [-0.15, -0.1) is 0 Å². The lowest BCUT2D eigenvalue weighted by Gasteiger charge is -2.30. The van der Waals surface area contributed by atoms with Crippen molar-refractivity contribution in [3.63, 3.8) is 0 Å². The number of nitrogens with zero attached hydrogens (tertiary/aromatic N) is 1. The van der Waals surface area contributed by atoms with Gasteiger partial charge >= 0.3 is 0 Å². The number of ether oxygens (including phenoxy) is 1. The van der Waals surface area contributed by atoms with E-state index < -0.39 is 11.5 Å². The Hall–Kier alpha value is -1.14. The molecule has 0 saturated carbocycles. The van der Waals surface area contributed by atoms with Gasteiger partial charge in [-0.1, -0.05) is 27.2 Å². The van der Waals surface area contributed by atoms with Crippen LogP contribution >= 0.6 is 15.9 Å². The van der Waals surface area contributed by atoms with Gasteiger partial charge in [0.15, 0.2) is 0 Å². The average Bonchev–Trinajstić information content (AvgIpc) is 2.37. The maximum Gasteiger partial charge on any atom is 0.256 e. The molecule has 1 amide bonds. The van der Waals surface area contributed by atoms with Crippen LogP contribution < -0.4 is 10.1 Å². The summed E-state index contributed by atoms with van der Waals surface area (Å²) in [6.45, 7) is 5.60. The highest BCUT2D eigenvalue weighted by Gasteiger charge is 2.38. The number of amides is 1. The normalized spacial score (nSPS) is 13.9. The molecule has 0 aliphatic carbocycles. The lowest BCUT2D eigenvalue weighted by atomic mass is 9.85. The minimum absolute atomic E-state index is 0.172. The van der Waals surface area contributed by atoms with Crippen molar-refractivity contribution in [2.75, 3.05) is 12.4 Å². The van der Waals surface area contributed by atoms with E-state index in [0.717, 1.165) is 6.42 Å². The lowest BCUT2D eigenvalue weighted by molar-refractivity contribution is -0.139. The summed E-state index contributed by atoms with van der Waals surface area (Å²) in [5.74, 6) is -0.192. The van der Waals surface area contributed by atoms with Crippen molar-refractivity contribution < 1.29 is 14.6 Å². The first kappa shape index (κ1) is 16.9. The summed E-state index contributed by atoms with van der Waals surface area (Å²) in [4.78, 5) is 16.4. The average molecular weight is 345 g/mol. The number of anilines is 1. The summed E-state index contributed by atoms with van der Waals surface area (Å²) >= 11 is 3.25. The molecule has 20 heavy (non-hydrogen) atoms. The number of aliphatic hydroxyl groups is 1.